The van der Waals surface area contributed by atoms with Gasteiger partial charge in [0.15, 0.2) is 5.96 Å². The third-order valence-electron chi connectivity index (χ3n) is 3.87. The van der Waals surface area contributed by atoms with Crippen molar-refractivity contribution in [3.8, 4) is 0 Å². The van der Waals surface area contributed by atoms with Gasteiger partial charge in [-0.1, -0.05) is 30.3 Å². The third kappa shape index (κ3) is 6.20. The first-order chi connectivity index (χ1) is 12.6. The first kappa shape index (κ1) is 19.4. The van der Waals surface area contributed by atoms with Crippen LogP contribution in [-0.2, 0) is 6.54 Å². The maximum absolute atomic E-state index is 13.3. The summed E-state index contributed by atoms with van der Waals surface area (Å²) in [4.78, 5) is 16.1. The lowest BCUT2D eigenvalue weighted by Crippen LogP contribution is -2.38. The van der Waals surface area contributed by atoms with Crippen LogP contribution in [0.25, 0.3) is 0 Å². The Morgan fingerprint density at radius 2 is 1.77 bits per heavy atom. The van der Waals surface area contributed by atoms with Gasteiger partial charge in [-0.05, 0) is 42.7 Å². The molecule has 0 bridgehead atoms. The van der Waals surface area contributed by atoms with Gasteiger partial charge in [-0.15, -0.1) is 0 Å². The number of nitrogens with zero attached hydrogens (tertiary/aromatic N) is 1. The summed E-state index contributed by atoms with van der Waals surface area (Å²) in [6.45, 7) is 3.56. The Morgan fingerprint density at radius 1 is 1.04 bits per heavy atom. The first-order valence-electron chi connectivity index (χ1n) is 8.63. The zero-order valence-corrected chi connectivity index (χ0v) is 15.2. The van der Waals surface area contributed by atoms with Gasteiger partial charge in [0.25, 0.3) is 5.91 Å². The Labute approximate surface area is 153 Å². The fourth-order valence-corrected chi connectivity index (χ4v) is 2.41. The average molecular weight is 356 g/mol. The number of aliphatic imine (C=N–C) groups is 1. The van der Waals surface area contributed by atoms with Crippen LogP contribution in [0.3, 0.4) is 0 Å². The van der Waals surface area contributed by atoms with Crippen molar-refractivity contribution in [1.82, 2.24) is 16.0 Å². The highest BCUT2D eigenvalue weighted by Gasteiger charge is 2.04. The monoisotopic (exact) mass is 356 g/mol. The van der Waals surface area contributed by atoms with Gasteiger partial charge in [0.05, 0.1) is 0 Å². The fraction of sp³-hybridized carbons (Fsp3) is 0.300. The molecule has 0 aliphatic rings. The summed E-state index contributed by atoms with van der Waals surface area (Å²) < 4.78 is 13.3. The minimum atomic E-state index is -0.200. The van der Waals surface area contributed by atoms with E-state index in [4.69, 9.17) is 0 Å². The zero-order chi connectivity index (χ0) is 18.8. The Balaban J connectivity index is 1.65. The third-order valence-corrected chi connectivity index (χ3v) is 3.87. The van der Waals surface area contributed by atoms with Gasteiger partial charge in [-0.3, -0.25) is 9.79 Å². The molecular formula is C20H25FN4O. The molecule has 0 aromatic heterocycles. The molecule has 0 aliphatic carbocycles. The van der Waals surface area contributed by atoms with Crippen LogP contribution in [0.4, 0.5) is 4.39 Å². The molecule has 0 spiro atoms. The van der Waals surface area contributed by atoms with Crippen LogP contribution in [0.1, 0.15) is 27.9 Å². The molecule has 0 saturated carbocycles. The van der Waals surface area contributed by atoms with E-state index in [9.17, 15) is 9.18 Å². The van der Waals surface area contributed by atoms with Crippen LogP contribution in [0.5, 0.6) is 0 Å². The summed E-state index contributed by atoms with van der Waals surface area (Å²) in [5, 5.41) is 9.27. The van der Waals surface area contributed by atoms with Gasteiger partial charge < -0.3 is 16.0 Å². The highest BCUT2D eigenvalue weighted by atomic mass is 19.1. The molecule has 3 N–H and O–H groups in total. The molecule has 2 rings (SSSR count). The van der Waals surface area contributed by atoms with Crippen LogP contribution < -0.4 is 16.0 Å². The smallest absolute Gasteiger partial charge is 0.251 e. The largest absolute Gasteiger partial charge is 0.356 e. The van der Waals surface area contributed by atoms with E-state index in [0.29, 0.717) is 36.7 Å². The summed E-state index contributed by atoms with van der Waals surface area (Å²) >= 11 is 0. The quantitative estimate of drug-likeness (QED) is 0.406. The van der Waals surface area contributed by atoms with Gasteiger partial charge in [0.1, 0.15) is 5.82 Å². The number of halogens is 1. The van der Waals surface area contributed by atoms with Crippen molar-refractivity contribution in [3.63, 3.8) is 0 Å². The highest BCUT2D eigenvalue weighted by molar-refractivity contribution is 5.94. The second-order valence-electron chi connectivity index (χ2n) is 5.91. The van der Waals surface area contributed by atoms with Crippen LogP contribution in [0, 0.1) is 12.7 Å². The Morgan fingerprint density at radius 3 is 2.46 bits per heavy atom. The number of benzene rings is 2. The van der Waals surface area contributed by atoms with E-state index in [0.717, 1.165) is 12.0 Å². The van der Waals surface area contributed by atoms with E-state index in [2.05, 4.69) is 20.9 Å². The first-order valence-corrected chi connectivity index (χ1v) is 8.63. The summed E-state index contributed by atoms with van der Waals surface area (Å²) in [5.41, 5.74) is 2.27. The number of carbonyl (C=O) groups excluding carboxylic acids is 1. The lowest BCUT2D eigenvalue weighted by molar-refractivity contribution is 0.0953. The topological polar surface area (TPSA) is 65.5 Å². The minimum absolute atomic E-state index is 0.0696. The predicted molar refractivity (Wildman–Crippen MR) is 103 cm³/mol. The maximum Gasteiger partial charge on any atom is 0.251 e. The van der Waals surface area contributed by atoms with Crippen molar-refractivity contribution in [3.05, 3.63) is 71.0 Å². The van der Waals surface area contributed by atoms with Crippen molar-refractivity contribution in [2.24, 2.45) is 4.99 Å². The van der Waals surface area contributed by atoms with Crippen molar-refractivity contribution in [2.45, 2.75) is 19.9 Å². The molecule has 0 saturated heterocycles. The zero-order valence-electron chi connectivity index (χ0n) is 15.2. The van der Waals surface area contributed by atoms with Gasteiger partial charge >= 0.3 is 0 Å². The maximum atomic E-state index is 13.3. The van der Waals surface area contributed by atoms with Crippen LogP contribution in [0.2, 0.25) is 0 Å². The lowest BCUT2D eigenvalue weighted by atomic mass is 10.1. The molecule has 6 heteroatoms. The predicted octanol–water partition coefficient (Wildman–Crippen LogP) is 2.62. The Hall–Kier alpha value is -2.89. The van der Waals surface area contributed by atoms with Gasteiger partial charge in [-0.2, -0.15) is 0 Å². The van der Waals surface area contributed by atoms with Crippen LogP contribution in [-0.4, -0.2) is 32.0 Å². The number of hydrogen-bond acceptors (Lipinski definition) is 2. The highest BCUT2D eigenvalue weighted by Crippen LogP contribution is 2.08. The van der Waals surface area contributed by atoms with E-state index >= 15 is 0 Å². The molecule has 0 fully saturated rings. The lowest BCUT2D eigenvalue weighted by Gasteiger charge is -2.12. The summed E-state index contributed by atoms with van der Waals surface area (Å²) in [5.74, 6) is 0.398. The van der Waals surface area contributed by atoms with E-state index in [-0.39, 0.29) is 11.7 Å². The summed E-state index contributed by atoms with van der Waals surface area (Å²) in [6, 6.07) is 14.2. The fourth-order valence-electron chi connectivity index (χ4n) is 2.41. The number of aryl methyl sites for hydroxylation is 1. The molecule has 5 nitrogen and oxygen atoms in total. The summed E-state index contributed by atoms with van der Waals surface area (Å²) in [6.07, 6.45) is 0.773. The van der Waals surface area contributed by atoms with Crippen LogP contribution >= 0.6 is 0 Å². The summed E-state index contributed by atoms with van der Waals surface area (Å²) in [7, 11) is 1.70. The normalized spacial score (nSPS) is 11.1. The van der Waals surface area contributed by atoms with E-state index in [1.165, 1.54) is 6.07 Å². The molecular weight excluding hydrogens is 331 g/mol. The van der Waals surface area contributed by atoms with Gasteiger partial charge in [-0.25, -0.2) is 4.39 Å². The van der Waals surface area contributed by atoms with Crippen molar-refractivity contribution >= 4 is 11.9 Å². The molecule has 0 heterocycles. The van der Waals surface area contributed by atoms with Gasteiger partial charge in [0, 0.05) is 32.2 Å². The molecule has 0 radical (unpaired) electrons. The van der Waals surface area contributed by atoms with E-state index < -0.39 is 0 Å². The number of carbonyl (C=O) groups is 1. The minimum Gasteiger partial charge on any atom is -0.356 e. The molecule has 2 aromatic carbocycles. The average Bonchev–Trinajstić information content (AvgIpc) is 2.67. The Bertz CT molecular complexity index is 747. The molecule has 26 heavy (non-hydrogen) atoms. The molecule has 0 atom stereocenters. The standard InChI is InChI=1S/C20H25FN4O/c1-15-13-16(9-10-18(15)21)14-25-20(22-2)24-12-6-11-23-19(26)17-7-4-3-5-8-17/h3-5,7-10,13H,6,11-12,14H2,1-2H3,(H,23,26)(H2,22,24,25). The van der Waals surface area contributed by atoms with Crippen LogP contribution in [0.15, 0.2) is 53.5 Å². The molecule has 0 unspecified atom stereocenters. The molecule has 2 aromatic rings. The number of nitrogens with one attached hydrogen (secondary N) is 3. The number of amides is 1. The second-order valence-corrected chi connectivity index (χ2v) is 5.91. The Kier molecular flexibility index (Phi) is 7.61. The van der Waals surface area contributed by atoms with E-state index in [1.54, 1.807) is 32.2 Å². The van der Waals surface area contributed by atoms with E-state index in [1.807, 2.05) is 24.3 Å². The van der Waals surface area contributed by atoms with Crippen molar-refractivity contribution in [1.29, 1.82) is 0 Å². The molecule has 0 aliphatic heterocycles. The molecule has 138 valence electrons. The number of rotatable bonds is 7. The van der Waals surface area contributed by atoms with Crippen molar-refractivity contribution < 1.29 is 9.18 Å². The number of hydrogen-bond donors (Lipinski definition) is 3. The van der Waals surface area contributed by atoms with Crippen molar-refractivity contribution in [2.75, 3.05) is 20.1 Å². The second kappa shape index (κ2) is 10.2. The molecule has 1 amide bonds. The SMILES string of the molecule is CN=C(NCCCNC(=O)c1ccccc1)NCc1ccc(F)c(C)c1. The van der Waals surface area contributed by atoms with Gasteiger partial charge in [0.2, 0.25) is 0 Å². The number of guanidine groups is 1.